The van der Waals surface area contributed by atoms with E-state index in [-0.39, 0.29) is 10.8 Å². The largest absolute Gasteiger partial charge is 0.507 e. The molecule has 0 saturated carbocycles. The van der Waals surface area contributed by atoms with Crippen LogP contribution in [-0.4, -0.2) is 47.4 Å². The Morgan fingerprint density at radius 1 is 0.871 bits per heavy atom. The molecule has 2 aromatic carbocycles. The summed E-state index contributed by atoms with van der Waals surface area (Å²) in [4.78, 5) is 2.49. The maximum absolute atomic E-state index is 10.9. The van der Waals surface area contributed by atoms with E-state index in [0.29, 0.717) is 5.75 Å². The molecule has 1 aliphatic heterocycles. The zero-order valence-corrected chi connectivity index (χ0v) is 20.4. The molecule has 3 rings (SSSR count). The fraction of sp³-hybridized carbons (Fsp3) is 0.519. The molecular weight excluding hydrogens is 382 g/mol. The lowest BCUT2D eigenvalue weighted by Gasteiger charge is -2.33. The van der Waals surface area contributed by atoms with Gasteiger partial charge in [0.2, 0.25) is 0 Å². The maximum Gasteiger partial charge on any atom is 0.123 e. The Morgan fingerprint density at radius 2 is 1.39 bits per heavy atom. The minimum atomic E-state index is -0.129. The Labute approximate surface area is 188 Å². The van der Waals surface area contributed by atoms with Crippen molar-refractivity contribution in [3.63, 3.8) is 0 Å². The van der Waals surface area contributed by atoms with E-state index in [9.17, 15) is 5.11 Å². The van der Waals surface area contributed by atoms with Gasteiger partial charge in [-0.25, -0.2) is 0 Å². The Kier molecular flexibility index (Phi) is 6.80. The summed E-state index contributed by atoms with van der Waals surface area (Å²) in [5.74, 6) is 0.418. The Bertz CT molecular complexity index is 874. The van der Waals surface area contributed by atoms with Gasteiger partial charge in [-0.15, -0.1) is 0 Å². The van der Waals surface area contributed by atoms with Gasteiger partial charge in [0.05, 0.1) is 6.21 Å². The summed E-state index contributed by atoms with van der Waals surface area (Å²) in [5, 5.41) is 17.8. The average molecular weight is 422 g/mol. The van der Waals surface area contributed by atoms with Crippen molar-refractivity contribution >= 4 is 6.21 Å². The second-order valence-corrected chi connectivity index (χ2v) is 10.9. The van der Waals surface area contributed by atoms with E-state index >= 15 is 0 Å². The van der Waals surface area contributed by atoms with Gasteiger partial charge in [0.1, 0.15) is 5.75 Å². The molecule has 31 heavy (non-hydrogen) atoms. The van der Waals surface area contributed by atoms with Crippen LogP contribution in [0, 0.1) is 6.92 Å². The highest BCUT2D eigenvalue weighted by Crippen LogP contribution is 2.39. The summed E-state index contributed by atoms with van der Waals surface area (Å²) in [6, 6.07) is 13.0. The number of hydrazone groups is 1. The standard InChI is InChI=1S/C27H39N3O/c1-20-8-10-21(11-9-20)19-29-12-14-30(15-13-29)28-18-22-16-23(26(2,3)4)25(31)24(17-22)27(5,6)7/h8-11,16-18,31H,12-15,19H2,1-7H3. The van der Waals surface area contributed by atoms with E-state index in [0.717, 1.165) is 49.4 Å². The van der Waals surface area contributed by atoms with Gasteiger partial charge in [-0.1, -0.05) is 71.4 Å². The molecular formula is C27H39N3O. The van der Waals surface area contributed by atoms with Gasteiger partial charge in [0.25, 0.3) is 0 Å². The third-order valence-corrected chi connectivity index (χ3v) is 5.99. The van der Waals surface area contributed by atoms with Crippen molar-refractivity contribution in [1.82, 2.24) is 9.91 Å². The fourth-order valence-corrected chi connectivity index (χ4v) is 3.99. The monoisotopic (exact) mass is 421 g/mol. The number of hydrogen-bond acceptors (Lipinski definition) is 4. The second-order valence-electron chi connectivity index (χ2n) is 10.9. The molecule has 168 valence electrons. The summed E-state index contributed by atoms with van der Waals surface area (Å²) in [6.07, 6.45) is 1.96. The Hall–Kier alpha value is -2.33. The topological polar surface area (TPSA) is 39.1 Å². The number of aryl methyl sites for hydroxylation is 1. The van der Waals surface area contributed by atoms with Crippen LogP contribution in [0.4, 0.5) is 0 Å². The lowest BCUT2D eigenvalue weighted by molar-refractivity contribution is 0.131. The molecule has 0 aliphatic carbocycles. The predicted molar refractivity (Wildman–Crippen MR) is 131 cm³/mol. The quantitative estimate of drug-likeness (QED) is 0.668. The molecule has 1 fully saturated rings. The van der Waals surface area contributed by atoms with Crippen molar-refractivity contribution in [3.05, 3.63) is 64.2 Å². The molecule has 0 spiro atoms. The van der Waals surface area contributed by atoms with Crippen LogP contribution in [0.25, 0.3) is 0 Å². The molecule has 1 heterocycles. The molecule has 1 N–H and O–H groups in total. The first kappa shape index (κ1) is 23.3. The third-order valence-electron chi connectivity index (χ3n) is 5.99. The normalized spacial score (nSPS) is 16.3. The number of benzene rings is 2. The number of phenolic OH excluding ortho intramolecular Hbond substituents is 1. The number of nitrogens with zero attached hydrogens (tertiary/aromatic N) is 3. The van der Waals surface area contributed by atoms with Crippen LogP contribution in [0.15, 0.2) is 41.5 Å². The van der Waals surface area contributed by atoms with Crippen LogP contribution in [0.3, 0.4) is 0 Å². The minimum absolute atomic E-state index is 0.129. The van der Waals surface area contributed by atoms with Gasteiger partial charge >= 0.3 is 0 Å². The zero-order valence-electron chi connectivity index (χ0n) is 20.4. The van der Waals surface area contributed by atoms with Crippen LogP contribution in [0.5, 0.6) is 5.75 Å². The molecule has 4 heteroatoms. The second kappa shape index (κ2) is 9.04. The zero-order chi connectivity index (χ0) is 22.8. The van der Waals surface area contributed by atoms with E-state index in [1.807, 2.05) is 6.21 Å². The van der Waals surface area contributed by atoms with E-state index in [2.05, 4.69) is 94.8 Å². The Balaban J connectivity index is 1.69. The summed E-state index contributed by atoms with van der Waals surface area (Å²) < 4.78 is 0. The van der Waals surface area contributed by atoms with Crippen LogP contribution in [-0.2, 0) is 17.4 Å². The van der Waals surface area contributed by atoms with E-state index < -0.39 is 0 Å². The number of rotatable bonds is 4. The molecule has 0 unspecified atom stereocenters. The first-order valence-corrected chi connectivity index (χ1v) is 11.4. The maximum atomic E-state index is 10.9. The Morgan fingerprint density at radius 3 is 1.87 bits per heavy atom. The molecule has 1 saturated heterocycles. The van der Waals surface area contributed by atoms with Gasteiger partial charge in [-0.05, 0) is 41.0 Å². The highest BCUT2D eigenvalue weighted by Gasteiger charge is 2.26. The number of phenols is 1. The van der Waals surface area contributed by atoms with E-state index in [1.54, 1.807) is 0 Å². The molecule has 0 atom stereocenters. The van der Waals surface area contributed by atoms with Crippen LogP contribution in [0.2, 0.25) is 0 Å². The van der Waals surface area contributed by atoms with Crippen LogP contribution in [0.1, 0.15) is 69.4 Å². The molecule has 0 amide bonds. The van der Waals surface area contributed by atoms with E-state index in [4.69, 9.17) is 5.10 Å². The first-order valence-electron chi connectivity index (χ1n) is 11.4. The van der Waals surface area contributed by atoms with Crippen molar-refractivity contribution in [2.24, 2.45) is 5.10 Å². The van der Waals surface area contributed by atoms with Gasteiger partial charge in [0.15, 0.2) is 0 Å². The smallest absolute Gasteiger partial charge is 0.123 e. The average Bonchev–Trinajstić information content (AvgIpc) is 2.68. The van der Waals surface area contributed by atoms with Crippen LogP contribution < -0.4 is 0 Å². The third kappa shape index (κ3) is 6.10. The molecule has 1 aliphatic rings. The summed E-state index contributed by atoms with van der Waals surface area (Å²) >= 11 is 0. The summed E-state index contributed by atoms with van der Waals surface area (Å²) in [6.45, 7) is 19.9. The van der Waals surface area contributed by atoms with Crippen molar-refractivity contribution in [2.75, 3.05) is 26.2 Å². The van der Waals surface area contributed by atoms with Gasteiger partial charge in [-0.2, -0.15) is 5.10 Å². The first-order chi connectivity index (χ1) is 14.4. The van der Waals surface area contributed by atoms with Crippen molar-refractivity contribution in [3.8, 4) is 5.75 Å². The lowest BCUT2D eigenvalue weighted by atomic mass is 9.78. The summed E-state index contributed by atoms with van der Waals surface area (Å²) in [5.41, 5.74) is 5.42. The van der Waals surface area contributed by atoms with Crippen LogP contribution >= 0.6 is 0 Å². The van der Waals surface area contributed by atoms with Gasteiger partial charge in [-0.3, -0.25) is 9.91 Å². The number of piperazine rings is 1. The predicted octanol–water partition coefficient (Wildman–Crippen LogP) is 5.45. The molecule has 0 radical (unpaired) electrons. The SMILES string of the molecule is Cc1ccc(CN2CCN(N=Cc3cc(C(C)(C)C)c(O)c(C(C)(C)C)c3)CC2)cc1. The highest BCUT2D eigenvalue weighted by molar-refractivity contribution is 5.81. The van der Waals surface area contributed by atoms with Crippen molar-refractivity contribution in [1.29, 1.82) is 0 Å². The number of aromatic hydroxyl groups is 1. The lowest BCUT2D eigenvalue weighted by Crippen LogP contribution is -2.43. The van der Waals surface area contributed by atoms with Gasteiger partial charge < -0.3 is 5.11 Å². The molecule has 0 bridgehead atoms. The van der Waals surface area contributed by atoms with Crippen molar-refractivity contribution in [2.45, 2.75) is 65.8 Å². The number of hydrogen-bond donors (Lipinski definition) is 1. The van der Waals surface area contributed by atoms with Crippen molar-refractivity contribution < 1.29 is 5.11 Å². The fourth-order valence-electron chi connectivity index (χ4n) is 3.99. The van der Waals surface area contributed by atoms with E-state index in [1.165, 1.54) is 11.1 Å². The highest BCUT2D eigenvalue weighted by atomic mass is 16.3. The van der Waals surface area contributed by atoms with Gasteiger partial charge in [0, 0.05) is 43.9 Å². The molecule has 4 nitrogen and oxygen atoms in total. The molecule has 2 aromatic rings. The summed E-state index contributed by atoms with van der Waals surface area (Å²) in [7, 11) is 0. The minimum Gasteiger partial charge on any atom is -0.507 e. The molecule has 0 aromatic heterocycles.